The summed E-state index contributed by atoms with van der Waals surface area (Å²) < 4.78 is 69.7. The first kappa shape index (κ1) is 16.6. The van der Waals surface area contributed by atoms with Crippen molar-refractivity contribution in [3.63, 3.8) is 0 Å². The first-order valence-electron chi connectivity index (χ1n) is 6.46. The van der Waals surface area contributed by atoms with Crippen molar-refractivity contribution in [3.05, 3.63) is 69.4 Å². The highest BCUT2D eigenvalue weighted by atomic mass is 19.4. The minimum Gasteiger partial charge on any atom is -0.805 e. The number of furan rings is 1. The van der Waals surface area contributed by atoms with E-state index in [0.717, 1.165) is 12.3 Å². The number of fused-ring (bicyclic) bond motifs is 1. The quantitative estimate of drug-likeness (QED) is 0.400. The maximum atomic E-state index is 13.3. The van der Waals surface area contributed by atoms with Crippen molar-refractivity contribution in [1.82, 2.24) is 4.73 Å². The monoisotopic (exact) mass is 360 g/mol. The molecule has 0 fully saturated rings. The Balaban J connectivity index is 2.50. The number of ketones is 1. The van der Waals surface area contributed by atoms with E-state index in [-0.39, 0.29) is 12.1 Å². The third kappa shape index (κ3) is 2.53. The van der Waals surface area contributed by atoms with Crippen LogP contribution in [-0.4, -0.2) is 10.5 Å². The van der Waals surface area contributed by atoms with Gasteiger partial charge in [-0.2, -0.15) is 13.2 Å². The Labute approximate surface area is 133 Å². The average molecular weight is 360 g/mol. The Morgan fingerprint density at radius 3 is 2.40 bits per heavy atom. The predicted molar refractivity (Wildman–Crippen MR) is 71.1 cm³/mol. The Bertz CT molecular complexity index is 1050. The summed E-state index contributed by atoms with van der Waals surface area (Å²) in [5.74, 6) is -5.39. The first-order valence-corrected chi connectivity index (χ1v) is 6.46. The van der Waals surface area contributed by atoms with Crippen molar-refractivity contribution in [1.29, 1.82) is 0 Å². The molecule has 6 nitrogen and oxygen atoms in total. The molecule has 0 atom stereocenters. The third-order valence-corrected chi connectivity index (χ3v) is 3.31. The van der Waals surface area contributed by atoms with Crippen LogP contribution in [0.25, 0.3) is 11.0 Å². The summed E-state index contributed by atoms with van der Waals surface area (Å²) in [4.78, 5) is 24.5. The molecule has 0 saturated carbocycles. The second-order valence-electron chi connectivity index (χ2n) is 4.85. The fourth-order valence-electron chi connectivity index (χ4n) is 2.26. The Kier molecular flexibility index (Phi) is 3.59. The molecule has 130 valence electrons. The molecule has 25 heavy (non-hydrogen) atoms. The molecule has 3 rings (SSSR count). The molecule has 0 radical (unpaired) electrons. The van der Waals surface area contributed by atoms with E-state index in [1.807, 2.05) is 0 Å². The van der Waals surface area contributed by atoms with Crippen LogP contribution in [0, 0.1) is 21.7 Å². The zero-order chi connectivity index (χ0) is 18.5. The van der Waals surface area contributed by atoms with Gasteiger partial charge >= 0.3 is 11.9 Å². The van der Waals surface area contributed by atoms with Crippen molar-refractivity contribution >= 4 is 16.8 Å². The number of halogens is 5. The molecular weight excluding hydrogens is 355 g/mol. The van der Waals surface area contributed by atoms with Gasteiger partial charge in [-0.1, -0.05) is 0 Å². The minimum atomic E-state index is -5.43. The molecule has 2 aromatic heterocycles. The number of rotatable bonds is 2. The van der Waals surface area contributed by atoms with Gasteiger partial charge in [-0.25, -0.2) is 8.78 Å². The highest BCUT2D eigenvalue weighted by molar-refractivity contribution is 6.06. The van der Waals surface area contributed by atoms with Gasteiger partial charge in [0.05, 0.1) is 16.8 Å². The van der Waals surface area contributed by atoms with Crippen LogP contribution in [-0.2, 0) is 6.18 Å². The predicted octanol–water partition coefficient (Wildman–Crippen LogP) is 3.02. The van der Waals surface area contributed by atoms with Gasteiger partial charge < -0.3 is 14.4 Å². The fourth-order valence-corrected chi connectivity index (χ4v) is 2.26. The number of nitrogens with zero attached hydrogens (tertiary/aromatic N) is 2. The molecule has 0 N–H and O–H groups in total. The lowest BCUT2D eigenvalue weighted by Gasteiger charge is -2.20. The van der Waals surface area contributed by atoms with Crippen molar-refractivity contribution < 1.29 is 35.6 Å². The van der Waals surface area contributed by atoms with Crippen molar-refractivity contribution in [2.45, 2.75) is 6.18 Å². The van der Waals surface area contributed by atoms with E-state index in [1.165, 1.54) is 6.07 Å². The SMILES string of the molecule is O=C(c1ccco1)c1c(C(F)(F)F)n([O-])c2cc(F)c(F)cc2[n+]1=O. The van der Waals surface area contributed by atoms with Crippen LogP contribution >= 0.6 is 0 Å². The zero-order valence-corrected chi connectivity index (χ0v) is 11.8. The summed E-state index contributed by atoms with van der Waals surface area (Å²) in [7, 11) is 0. The fraction of sp³-hybridized carbons (Fsp3) is 0.0714. The van der Waals surface area contributed by atoms with Crippen molar-refractivity contribution in [2.24, 2.45) is 0 Å². The van der Waals surface area contributed by atoms with Crippen LogP contribution in [0.2, 0.25) is 0 Å². The average Bonchev–Trinajstić information content (AvgIpc) is 3.05. The summed E-state index contributed by atoms with van der Waals surface area (Å²) in [5, 5.41) is 12.1. The molecule has 0 aliphatic rings. The van der Waals surface area contributed by atoms with Crippen molar-refractivity contribution in [3.8, 4) is 0 Å². The van der Waals surface area contributed by atoms with Crippen LogP contribution in [0.15, 0.2) is 34.9 Å². The molecule has 0 saturated heterocycles. The number of aromatic nitrogens is 2. The highest BCUT2D eigenvalue weighted by Crippen LogP contribution is 2.33. The van der Waals surface area contributed by atoms with E-state index in [2.05, 4.69) is 4.42 Å². The lowest BCUT2D eigenvalue weighted by Crippen LogP contribution is -2.35. The van der Waals surface area contributed by atoms with E-state index < -0.39 is 60.9 Å². The number of hydrogen-bond acceptors (Lipinski definition) is 4. The summed E-state index contributed by atoms with van der Waals surface area (Å²) in [6, 6.07) is 2.53. The molecule has 0 amide bonds. The molecule has 3 aromatic rings. The maximum Gasteiger partial charge on any atom is 0.438 e. The van der Waals surface area contributed by atoms with Gasteiger partial charge in [0.1, 0.15) is 5.52 Å². The number of carbonyl (C=O) groups is 1. The lowest BCUT2D eigenvalue weighted by atomic mass is 10.1. The van der Waals surface area contributed by atoms with E-state index >= 15 is 0 Å². The standard InChI is InChI=1S/C14H5F5N2O4/c15-6-4-8-9(5-7(6)16)21(24)13(14(17,18)19)11(20(8)23)12(22)10-2-1-3-25-10/h1-5H. The smallest absolute Gasteiger partial charge is 0.438 e. The second kappa shape index (κ2) is 5.40. The number of carbonyl (C=O) groups excluding carboxylic acids is 1. The molecule has 11 heteroatoms. The molecule has 0 spiro atoms. The van der Waals surface area contributed by atoms with E-state index in [9.17, 15) is 36.9 Å². The van der Waals surface area contributed by atoms with Gasteiger partial charge in [-0.15, -0.1) is 0 Å². The minimum absolute atomic E-state index is 0.141. The summed E-state index contributed by atoms with van der Waals surface area (Å²) >= 11 is 0. The number of hydrogen-bond donors (Lipinski definition) is 0. The molecule has 0 aliphatic heterocycles. The molecule has 0 bridgehead atoms. The van der Waals surface area contributed by atoms with E-state index in [4.69, 9.17) is 0 Å². The van der Waals surface area contributed by atoms with Gasteiger partial charge in [-0.05, 0) is 12.1 Å². The van der Waals surface area contributed by atoms with Gasteiger partial charge in [0.15, 0.2) is 17.4 Å². The normalized spacial score (nSPS) is 11.9. The van der Waals surface area contributed by atoms with Crippen molar-refractivity contribution in [2.75, 3.05) is 0 Å². The number of benzene rings is 1. The van der Waals surface area contributed by atoms with Gasteiger partial charge in [0.2, 0.25) is 5.69 Å². The van der Waals surface area contributed by atoms with Gasteiger partial charge in [-0.3, -0.25) is 4.79 Å². The summed E-state index contributed by atoms with van der Waals surface area (Å²) in [6.45, 7) is 0. The molecule has 0 unspecified atom stereocenters. The summed E-state index contributed by atoms with van der Waals surface area (Å²) in [6.07, 6.45) is -4.46. The topological polar surface area (TPSA) is 81.2 Å². The van der Waals surface area contributed by atoms with Gasteiger partial charge in [0.25, 0.3) is 11.3 Å². The van der Waals surface area contributed by atoms with Crippen LogP contribution in [0.3, 0.4) is 0 Å². The molecule has 2 heterocycles. The van der Waals surface area contributed by atoms with Gasteiger partial charge in [0, 0.05) is 11.0 Å². The Morgan fingerprint density at radius 2 is 1.84 bits per heavy atom. The Hall–Kier alpha value is -3.24. The highest BCUT2D eigenvalue weighted by Gasteiger charge is 2.46. The first-order chi connectivity index (χ1) is 11.6. The van der Waals surface area contributed by atoms with Crippen LogP contribution in [0.4, 0.5) is 22.0 Å². The summed E-state index contributed by atoms with van der Waals surface area (Å²) in [5.41, 5.74) is -5.81. The largest absolute Gasteiger partial charge is 0.805 e. The van der Waals surface area contributed by atoms with E-state index in [0.29, 0.717) is 0 Å². The second-order valence-corrected chi connectivity index (χ2v) is 4.85. The molecule has 1 aromatic carbocycles. The molecule has 0 aliphatic carbocycles. The van der Waals surface area contributed by atoms with Crippen LogP contribution in [0.1, 0.15) is 21.9 Å². The van der Waals surface area contributed by atoms with E-state index in [1.54, 1.807) is 0 Å². The van der Waals surface area contributed by atoms with Crippen LogP contribution < -0.4 is 4.43 Å². The lowest BCUT2D eigenvalue weighted by molar-refractivity contribution is -0.470. The third-order valence-electron chi connectivity index (χ3n) is 3.31. The molecular formula is C14H5F5N2O4. The maximum absolute atomic E-state index is 13.3. The van der Waals surface area contributed by atoms with Crippen LogP contribution in [0.5, 0.6) is 0 Å². The number of alkyl halides is 3. The zero-order valence-electron chi connectivity index (χ0n) is 11.8. The Morgan fingerprint density at radius 1 is 1.20 bits per heavy atom.